The Labute approximate surface area is 164 Å². The molecule has 28 heavy (non-hydrogen) atoms. The maximum atomic E-state index is 14.1. The van der Waals surface area contributed by atoms with E-state index < -0.39 is 0 Å². The second-order valence-electron chi connectivity index (χ2n) is 7.54. The van der Waals surface area contributed by atoms with Crippen molar-refractivity contribution >= 4 is 28.5 Å². The van der Waals surface area contributed by atoms with Crippen LogP contribution in [0.3, 0.4) is 0 Å². The first-order chi connectivity index (χ1) is 13.7. The average molecular weight is 379 g/mol. The molecule has 4 rings (SSSR count). The summed E-state index contributed by atoms with van der Waals surface area (Å²) >= 11 is 0. The largest absolute Gasteiger partial charge is 0.494 e. The van der Waals surface area contributed by atoms with E-state index in [0.717, 1.165) is 24.7 Å². The highest BCUT2D eigenvalue weighted by Gasteiger charge is 2.18. The van der Waals surface area contributed by atoms with Crippen LogP contribution in [0.2, 0.25) is 0 Å². The molecule has 4 nitrogen and oxygen atoms in total. The number of benzene rings is 2. The highest BCUT2D eigenvalue weighted by atomic mass is 19.1. The van der Waals surface area contributed by atoms with Gasteiger partial charge in [-0.15, -0.1) is 0 Å². The average Bonchev–Trinajstić information content (AvgIpc) is 3.04. The molecule has 1 fully saturated rings. The second-order valence-corrected chi connectivity index (χ2v) is 7.54. The molecule has 3 aromatic rings. The van der Waals surface area contributed by atoms with Crippen LogP contribution >= 0.6 is 0 Å². The van der Waals surface area contributed by atoms with Crippen LogP contribution in [0.5, 0.6) is 5.88 Å². The maximum absolute atomic E-state index is 14.1. The van der Waals surface area contributed by atoms with Crippen LogP contribution in [0.4, 0.5) is 15.8 Å². The molecule has 0 unspecified atom stereocenters. The molecule has 146 valence electrons. The Morgan fingerprint density at radius 1 is 1.18 bits per heavy atom. The van der Waals surface area contributed by atoms with Crippen LogP contribution in [0.25, 0.3) is 10.9 Å². The van der Waals surface area contributed by atoms with Gasteiger partial charge in [0, 0.05) is 30.4 Å². The summed E-state index contributed by atoms with van der Waals surface area (Å²) in [5.41, 5.74) is 2.92. The minimum atomic E-state index is -0.377. The number of aromatic amines is 1. The number of piperidine rings is 1. The van der Waals surface area contributed by atoms with Gasteiger partial charge in [-0.2, -0.15) is 0 Å². The van der Waals surface area contributed by atoms with E-state index in [1.54, 1.807) is 12.1 Å². The Morgan fingerprint density at radius 2 is 1.93 bits per heavy atom. The second kappa shape index (κ2) is 8.05. The van der Waals surface area contributed by atoms with E-state index in [2.05, 4.69) is 33.9 Å². The molecule has 0 saturated carbocycles. The van der Waals surface area contributed by atoms with E-state index in [9.17, 15) is 9.50 Å². The van der Waals surface area contributed by atoms with E-state index >= 15 is 0 Å². The monoisotopic (exact) mass is 379 g/mol. The fourth-order valence-corrected chi connectivity index (χ4v) is 4.12. The number of hydrogen-bond donors (Lipinski definition) is 2. The zero-order valence-corrected chi connectivity index (χ0v) is 16.2. The molecule has 1 aromatic heterocycles. The lowest BCUT2D eigenvalue weighted by molar-refractivity contribution is 0.378. The summed E-state index contributed by atoms with van der Waals surface area (Å²) in [6.07, 6.45) is 6.65. The first kappa shape index (κ1) is 18.5. The van der Waals surface area contributed by atoms with Gasteiger partial charge in [-0.05, 0) is 55.2 Å². The molecule has 0 aliphatic carbocycles. The Hall–Kier alpha value is -2.82. The summed E-state index contributed by atoms with van der Waals surface area (Å²) in [6, 6.07) is 12.8. The number of aliphatic imine (C=N–C) groups is 1. The van der Waals surface area contributed by atoms with E-state index in [4.69, 9.17) is 0 Å². The van der Waals surface area contributed by atoms with Crippen LogP contribution in [0.15, 0.2) is 47.5 Å². The number of nitrogens with zero attached hydrogens (tertiary/aromatic N) is 2. The zero-order chi connectivity index (χ0) is 19.5. The molecule has 0 bridgehead atoms. The number of hydrogen-bond acceptors (Lipinski definition) is 3. The summed E-state index contributed by atoms with van der Waals surface area (Å²) in [4.78, 5) is 9.65. The number of fused-ring (bicyclic) bond motifs is 1. The first-order valence-corrected chi connectivity index (χ1v) is 10.0. The summed E-state index contributed by atoms with van der Waals surface area (Å²) in [6.45, 7) is 4.47. The topological polar surface area (TPSA) is 51.6 Å². The lowest BCUT2D eigenvalue weighted by Crippen LogP contribution is -2.33. The minimum absolute atomic E-state index is 0.0737. The highest BCUT2D eigenvalue weighted by molar-refractivity contribution is 6.02. The van der Waals surface area contributed by atoms with Crippen LogP contribution in [-0.4, -0.2) is 29.4 Å². The van der Waals surface area contributed by atoms with Crippen LogP contribution in [-0.2, 0) is 0 Å². The number of anilines is 1. The Kier molecular flexibility index (Phi) is 5.33. The molecular formula is C23H26FN3O. The Bertz CT molecular complexity index is 969. The Morgan fingerprint density at radius 3 is 2.64 bits per heavy atom. The number of nitrogens with one attached hydrogen (secondary N) is 1. The first-order valence-electron chi connectivity index (χ1n) is 10.0. The number of H-pyrrole nitrogens is 1. The third kappa shape index (κ3) is 3.75. The van der Waals surface area contributed by atoms with Crippen molar-refractivity contribution in [1.29, 1.82) is 0 Å². The molecule has 2 aromatic carbocycles. The zero-order valence-electron chi connectivity index (χ0n) is 16.2. The molecule has 1 aliphatic rings. The third-order valence-electron chi connectivity index (χ3n) is 5.66. The van der Waals surface area contributed by atoms with Crippen LogP contribution < -0.4 is 4.90 Å². The van der Waals surface area contributed by atoms with Crippen molar-refractivity contribution in [1.82, 2.24) is 4.98 Å². The van der Waals surface area contributed by atoms with E-state index in [-0.39, 0.29) is 11.7 Å². The van der Waals surface area contributed by atoms with Gasteiger partial charge >= 0.3 is 0 Å². The van der Waals surface area contributed by atoms with Gasteiger partial charge in [0.1, 0.15) is 5.82 Å². The molecule has 5 heteroatoms. The van der Waals surface area contributed by atoms with Crippen molar-refractivity contribution in [2.24, 2.45) is 10.9 Å². The fourth-order valence-electron chi connectivity index (χ4n) is 4.12. The van der Waals surface area contributed by atoms with E-state index in [1.165, 1.54) is 43.7 Å². The SMILES string of the molecule is CCCC1CCN(c2ccc(N=Cc3c(O)[nH]c4cccc(F)c34)cc2)CC1. The number of halogens is 1. The number of aromatic hydroxyl groups is 1. The van der Waals surface area contributed by atoms with Crippen LogP contribution in [0.1, 0.15) is 38.2 Å². The summed E-state index contributed by atoms with van der Waals surface area (Å²) < 4.78 is 14.1. The highest BCUT2D eigenvalue weighted by Crippen LogP contribution is 2.30. The molecule has 0 atom stereocenters. The number of aromatic nitrogens is 1. The molecule has 0 amide bonds. The lowest BCUT2D eigenvalue weighted by Gasteiger charge is -2.33. The molecule has 1 saturated heterocycles. The normalized spacial score (nSPS) is 15.7. The lowest BCUT2D eigenvalue weighted by atomic mass is 9.92. The van der Waals surface area contributed by atoms with Gasteiger partial charge in [0.05, 0.1) is 16.8 Å². The summed E-state index contributed by atoms with van der Waals surface area (Å²) in [5, 5.41) is 10.4. The van der Waals surface area contributed by atoms with Crippen molar-refractivity contribution in [2.75, 3.05) is 18.0 Å². The standard InChI is InChI=1S/C23H26FN3O/c1-2-4-16-11-13-27(14-12-16)18-9-7-17(8-10-18)25-15-19-22-20(24)5-3-6-21(22)26-23(19)28/h3,5-10,15-16,26,28H,2,4,11-14H2,1H3. The van der Waals surface area contributed by atoms with E-state index in [1.807, 2.05) is 12.1 Å². The van der Waals surface area contributed by atoms with Gasteiger partial charge in [-0.25, -0.2) is 4.39 Å². The van der Waals surface area contributed by atoms with Crippen molar-refractivity contribution in [3.05, 3.63) is 53.8 Å². The van der Waals surface area contributed by atoms with Crippen molar-refractivity contribution in [2.45, 2.75) is 32.6 Å². The molecule has 2 heterocycles. The van der Waals surface area contributed by atoms with Gasteiger partial charge in [-0.1, -0.05) is 25.8 Å². The van der Waals surface area contributed by atoms with Crippen molar-refractivity contribution in [3.8, 4) is 5.88 Å². The summed E-state index contributed by atoms with van der Waals surface area (Å²) in [7, 11) is 0. The van der Waals surface area contributed by atoms with Crippen molar-refractivity contribution < 1.29 is 9.50 Å². The molecule has 0 spiro atoms. The number of rotatable bonds is 5. The predicted octanol–water partition coefficient (Wildman–Crippen LogP) is 5.78. The quantitative estimate of drug-likeness (QED) is 0.552. The van der Waals surface area contributed by atoms with Gasteiger partial charge < -0.3 is 15.0 Å². The van der Waals surface area contributed by atoms with Gasteiger partial charge in [0.2, 0.25) is 0 Å². The maximum Gasteiger partial charge on any atom is 0.198 e. The third-order valence-corrected chi connectivity index (χ3v) is 5.66. The minimum Gasteiger partial charge on any atom is -0.494 e. The smallest absolute Gasteiger partial charge is 0.198 e. The van der Waals surface area contributed by atoms with Gasteiger partial charge in [-0.3, -0.25) is 4.99 Å². The molecule has 0 radical (unpaired) electrons. The predicted molar refractivity (Wildman–Crippen MR) is 113 cm³/mol. The van der Waals surface area contributed by atoms with E-state index in [0.29, 0.717) is 16.5 Å². The summed E-state index contributed by atoms with van der Waals surface area (Å²) in [5.74, 6) is 0.419. The van der Waals surface area contributed by atoms with Crippen molar-refractivity contribution in [3.63, 3.8) is 0 Å². The molecular weight excluding hydrogens is 353 g/mol. The van der Waals surface area contributed by atoms with Gasteiger partial charge in [0.25, 0.3) is 0 Å². The van der Waals surface area contributed by atoms with Gasteiger partial charge in [0.15, 0.2) is 5.88 Å². The Balaban J connectivity index is 1.48. The fraction of sp³-hybridized carbons (Fsp3) is 0.348. The van der Waals surface area contributed by atoms with Crippen LogP contribution in [0, 0.1) is 11.7 Å². The molecule has 1 aliphatic heterocycles. The molecule has 2 N–H and O–H groups in total.